The van der Waals surface area contributed by atoms with E-state index in [2.05, 4.69) is 14.9 Å². The van der Waals surface area contributed by atoms with Crippen molar-refractivity contribution in [1.29, 1.82) is 0 Å². The van der Waals surface area contributed by atoms with E-state index in [0.29, 0.717) is 22.2 Å². The number of hydrogen-bond acceptors (Lipinski definition) is 6. The predicted molar refractivity (Wildman–Crippen MR) is 101 cm³/mol. The number of anilines is 1. The zero-order chi connectivity index (χ0) is 18.9. The van der Waals surface area contributed by atoms with Gasteiger partial charge in [-0.3, -0.25) is 4.79 Å². The first kappa shape index (κ1) is 18.8. The van der Waals surface area contributed by atoms with Crippen LogP contribution in [-0.2, 0) is 9.84 Å². The zero-order valence-electron chi connectivity index (χ0n) is 13.2. The number of aryl methyl sites for hydroxylation is 1. The molecule has 10 heteroatoms. The number of halogens is 2. The Morgan fingerprint density at radius 2 is 1.81 bits per heavy atom. The van der Waals surface area contributed by atoms with Crippen LogP contribution < -0.4 is 5.32 Å². The fraction of sp³-hybridized carbons (Fsp3) is 0.0625. The van der Waals surface area contributed by atoms with Crippen molar-refractivity contribution in [2.45, 2.75) is 16.0 Å². The van der Waals surface area contributed by atoms with E-state index in [4.69, 9.17) is 23.2 Å². The molecule has 0 unspecified atom stereocenters. The lowest BCUT2D eigenvalue weighted by atomic mass is 10.2. The normalized spacial score (nSPS) is 11.3. The SMILES string of the molecule is Cc1ccc(NC(=O)c2nnsc2S(=O)(=O)c2ccc(Cl)cc2Cl)cc1. The molecule has 3 rings (SSSR count). The van der Waals surface area contributed by atoms with Crippen molar-refractivity contribution in [2.75, 3.05) is 5.32 Å². The Labute approximate surface area is 163 Å². The van der Waals surface area contributed by atoms with E-state index in [0.717, 1.165) is 5.56 Å². The van der Waals surface area contributed by atoms with Crippen LogP contribution >= 0.6 is 34.7 Å². The van der Waals surface area contributed by atoms with E-state index in [1.807, 2.05) is 19.1 Å². The Morgan fingerprint density at radius 1 is 1.12 bits per heavy atom. The summed E-state index contributed by atoms with van der Waals surface area (Å²) in [7, 11) is -4.08. The number of carbonyl (C=O) groups excluding carboxylic acids is 1. The highest BCUT2D eigenvalue weighted by Crippen LogP contribution is 2.32. The fourth-order valence-corrected chi connectivity index (χ4v) is 5.16. The third kappa shape index (κ3) is 3.73. The molecule has 6 nitrogen and oxygen atoms in total. The summed E-state index contributed by atoms with van der Waals surface area (Å²) in [6.07, 6.45) is 0. The minimum Gasteiger partial charge on any atom is -0.321 e. The van der Waals surface area contributed by atoms with Crippen LogP contribution in [0.25, 0.3) is 0 Å². The van der Waals surface area contributed by atoms with Crippen molar-refractivity contribution in [2.24, 2.45) is 0 Å². The first-order valence-electron chi connectivity index (χ1n) is 7.19. The molecule has 0 saturated heterocycles. The summed E-state index contributed by atoms with van der Waals surface area (Å²) in [5.41, 5.74) is 1.25. The van der Waals surface area contributed by atoms with Crippen LogP contribution in [0.4, 0.5) is 5.69 Å². The summed E-state index contributed by atoms with van der Waals surface area (Å²) in [6.45, 7) is 1.91. The molecule has 0 atom stereocenters. The second-order valence-corrected chi connectivity index (χ2v) is 9.02. The molecule has 1 heterocycles. The van der Waals surface area contributed by atoms with Crippen molar-refractivity contribution < 1.29 is 13.2 Å². The molecule has 26 heavy (non-hydrogen) atoms. The molecular weight excluding hydrogens is 417 g/mol. The van der Waals surface area contributed by atoms with Crippen LogP contribution in [0.1, 0.15) is 16.1 Å². The summed E-state index contributed by atoms with van der Waals surface area (Å²) in [6, 6.07) is 11.0. The minimum atomic E-state index is -4.08. The van der Waals surface area contributed by atoms with Gasteiger partial charge in [-0.25, -0.2) is 8.42 Å². The number of aromatic nitrogens is 2. The molecule has 0 fully saturated rings. The largest absolute Gasteiger partial charge is 0.321 e. The van der Waals surface area contributed by atoms with Gasteiger partial charge in [-0.05, 0) is 37.3 Å². The number of nitrogens with zero attached hydrogens (tertiary/aromatic N) is 2. The predicted octanol–water partition coefficient (Wildman–Crippen LogP) is 4.24. The highest BCUT2D eigenvalue weighted by Gasteiger charge is 2.30. The molecule has 0 aliphatic carbocycles. The maximum absolute atomic E-state index is 12.9. The Bertz CT molecular complexity index is 1080. The molecule has 1 N–H and O–H groups in total. The smallest absolute Gasteiger partial charge is 0.278 e. The Balaban J connectivity index is 1.97. The van der Waals surface area contributed by atoms with Gasteiger partial charge in [-0.15, -0.1) is 5.10 Å². The fourth-order valence-electron chi connectivity index (χ4n) is 2.12. The molecule has 0 radical (unpaired) electrons. The molecule has 3 aromatic rings. The van der Waals surface area contributed by atoms with Gasteiger partial charge >= 0.3 is 0 Å². The molecule has 0 aliphatic rings. The monoisotopic (exact) mass is 427 g/mol. The second-order valence-electron chi connectivity index (χ2n) is 5.31. The number of sulfone groups is 1. The number of amides is 1. The van der Waals surface area contributed by atoms with Gasteiger partial charge in [0.1, 0.15) is 0 Å². The second kappa shape index (κ2) is 7.32. The van der Waals surface area contributed by atoms with Gasteiger partial charge in [0.15, 0.2) is 9.90 Å². The summed E-state index contributed by atoms with van der Waals surface area (Å²) in [5.74, 6) is -0.675. The van der Waals surface area contributed by atoms with E-state index < -0.39 is 15.7 Å². The third-order valence-electron chi connectivity index (χ3n) is 3.41. The lowest BCUT2D eigenvalue weighted by Crippen LogP contribution is -2.16. The topological polar surface area (TPSA) is 89.0 Å². The van der Waals surface area contributed by atoms with Crippen molar-refractivity contribution in [3.63, 3.8) is 0 Å². The summed E-state index contributed by atoms with van der Waals surface area (Å²) >= 11 is 12.4. The highest BCUT2D eigenvalue weighted by atomic mass is 35.5. The quantitative estimate of drug-likeness (QED) is 0.672. The van der Waals surface area contributed by atoms with Crippen molar-refractivity contribution >= 4 is 56.2 Å². The lowest BCUT2D eigenvalue weighted by molar-refractivity contribution is 0.101. The van der Waals surface area contributed by atoms with Crippen LogP contribution in [0.15, 0.2) is 51.6 Å². The van der Waals surface area contributed by atoms with E-state index in [-0.39, 0.29) is 19.8 Å². The van der Waals surface area contributed by atoms with Gasteiger partial charge in [0, 0.05) is 22.2 Å². The van der Waals surface area contributed by atoms with E-state index >= 15 is 0 Å². The van der Waals surface area contributed by atoms with Crippen LogP contribution in [0.2, 0.25) is 10.0 Å². The number of rotatable bonds is 4. The van der Waals surface area contributed by atoms with Crippen LogP contribution in [0, 0.1) is 6.92 Å². The van der Waals surface area contributed by atoms with Gasteiger partial charge in [0.05, 0.1) is 9.92 Å². The third-order valence-corrected chi connectivity index (χ3v) is 7.09. The summed E-state index contributed by atoms with van der Waals surface area (Å²) < 4.78 is 29.1. The lowest BCUT2D eigenvalue weighted by Gasteiger charge is -2.07. The van der Waals surface area contributed by atoms with E-state index in [1.165, 1.54) is 18.2 Å². The molecular formula is C16H11Cl2N3O3S2. The molecule has 1 aromatic heterocycles. The minimum absolute atomic E-state index is 0.0456. The average molecular weight is 428 g/mol. The van der Waals surface area contributed by atoms with Gasteiger partial charge in [-0.1, -0.05) is 45.4 Å². The van der Waals surface area contributed by atoms with E-state index in [1.54, 1.807) is 12.1 Å². The Morgan fingerprint density at radius 3 is 2.46 bits per heavy atom. The van der Waals surface area contributed by atoms with Gasteiger partial charge in [0.2, 0.25) is 9.84 Å². The number of hydrogen-bond donors (Lipinski definition) is 1. The molecule has 134 valence electrons. The molecule has 0 spiro atoms. The highest BCUT2D eigenvalue weighted by molar-refractivity contribution is 7.93. The summed E-state index contributed by atoms with van der Waals surface area (Å²) in [4.78, 5) is 12.3. The molecule has 0 saturated carbocycles. The first-order chi connectivity index (χ1) is 12.3. The van der Waals surface area contributed by atoms with Crippen LogP contribution in [0.5, 0.6) is 0 Å². The average Bonchev–Trinajstić information content (AvgIpc) is 3.07. The van der Waals surface area contributed by atoms with Crippen molar-refractivity contribution in [1.82, 2.24) is 9.59 Å². The molecule has 2 aromatic carbocycles. The molecule has 1 amide bonds. The maximum atomic E-state index is 12.9. The maximum Gasteiger partial charge on any atom is 0.278 e. The van der Waals surface area contributed by atoms with Crippen molar-refractivity contribution in [3.8, 4) is 0 Å². The number of benzene rings is 2. The molecule has 0 aliphatic heterocycles. The zero-order valence-corrected chi connectivity index (χ0v) is 16.4. The number of nitrogens with one attached hydrogen (secondary N) is 1. The Hall–Kier alpha value is -2.00. The van der Waals surface area contributed by atoms with Gasteiger partial charge < -0.3 is 5.32 Å². The first-order valence-corrected chi connectivity index (χ1v) is 10.2. The van der Waals surface area contributed by atoms with Crippen LogP contribution in [-0.4, -0.2) is 23.9 Å². The van der Waals surface area contributed by atoms with Crippen molar-refractivity contribution in [3.05, 3.63) is 63.8 Å². The Kier molecular flexibility index (Phi) is 5.29. The summed E-state index contributed by atoms with van der Waals surface area (Å²) in [5, 5.41) is 6.54. The number of carbonyl (C=O) groups is 1. The van der Waals surface area contributed by atoms with Gasteiger partial charge in [-0.2, -0.15) is 0 Å². The molecule has 0 bridgehead atoms. The standard InChI is InChI=1S/C16H11Cl2N3O3S2/c1-9-2-5-11(6-3-9)19-15(22)14-16(25-21-20-14)26(23,24)13-7-4-10(17)8-12(13)18/h2-8H,1H3,(H,19,22). The van der Waals surface area contributed by atoms with E-state index in [9.17, 15) is 13.2 Å². The van der Waals surface area contributed by atoms with Crippen LogP contribution in [0.3, 0.4) is 0 Å². The van der Waals surface area contributed by atoms with Gasteiger partial charge in [0.25, 0.3) is 5.91 Å².